The standard InChI is InChI=1S/C32H50N2O11/c1-16(2)19(11-17-9-10-33-13-17)14-34-30(41)32(42)28(38)26(37)27(29(39)40)45-31(32)44-21-7-8-22-24(12-21)43-15-23(25(22)36)18-3-5-20(35)6-4-18/h9-10,13,16,18-28,30-31,34-38,42H,3-8,11-12,14-15H2,1-2H3,(H,39,40)/p+1. The lowest BCUT2D eigenvalue weighted by Gasteiger charge is -2.53. The number of allylic oxidation sites excluding steroid dienone is 1. The van der Waals surface area contributed by atoms with Crippen LogP contribution in [0.3, 0.4) is 0 Å². The number of hydrogen-bond donors (Lipinski definition) is 6. The number of carboxylic acids is 1. The number of carboxylic acid groups (broad SMARTS) is 1. The predicted octanol–water partition coefficient (Wildman–Crippen LogP) is -3.38. The van der Waals surface area contributed by atoms with Gasteiger partial charge < -0.3 is 60.1 Å². The van der Waals surface area contributed by atoms with Gasteiger partial charge in [0.05, 0.1) is 55.0 Å². The Hall–Kier alpha value is -1.65. The lowest BCUT2D eigenvalue weighted by Crippen LogP contribution is -3.02. The van der Waals surface area contributed by atoms with Gasteiger partial charge in [-0.15, -0.1) is 4.99 Å². The van der Waals surface area contributed by atoms with E-state index >= 15 is 0 Å². The SMILES string of the molecule is CC(C)C(C[NH2+]C([O-])C1(O)C(OC2CCC3C(C2)[OH+]CC(C2CCC(O)CC2)C3O)OC(C(=O)[O-])C(O)C1O)CC1=C[CH+]N=C1. The average Bonchev–Trinajstić information content (AvgIpc) is 3.53. The zero-order valence-corrected chi connectivity index (χ0v) is 26.1. The molecule has 4 fully saturated rings. The Balaban J connectivity index is 1.25. The molecule has 0 radical (unpaired) electrons. The maximum atomic E-state index is 13.7. The second-order valence-corrected chi connectivity index (χ2v) is 14.2. The van der Waals surface area contributed by atoms with Gasteiger partial charge in [-0.05, 0) is 50.4 Å². The van der Waals surface area contributed by atoms with E-state index in [9.17, 15) is 40.5 Å². The molecule has 12 atom stereocenters. The van der Waals surface area contributed by atoms with Crippen LogP contribution in [0.1, 0.15) is 65.2 Å². The molecule has 2 saturated carbocycles. The van der Waals surface area contributed by atoms with Gasteiger partial charge in [0.1, 0.15) is 30.4 Å². The molecule has 3 heterocycles. The minimum atomic E-state index is -2.69. The summed E-state index contributed by atoms with van der Waals surface area (Å²) >= 11 is 0. The fraction of sp³-hybridized carbons (Fsp3) is 0.844. The molecular formula is C32H51N2O11+. The maximum absolute atomic E-state index is 13.7. The van der Waals surface area contributed by atoms with Gasteiger partial charge in [-0.1, -0.05) is 13.8 Å². The van der Waals surface area contributed by atoms with Crippen molar-refractivity contribution in [2.45, 2.75) is 126 Å². The lowest BCUT2D eigenvalue weighted by molar-refractivity contribution is -0.837. The molecule has 0 spiro atoms. The third-order valence-electron chi connectivity index (χ3n) is 11.1. The zero-order chi connectivity index (χ0) is 32.5. The van der Waals surface area contributed by atoms with E-state index in [1.165, 1.54) is 5.32 Å². The van der Waals surface area contributed by atoms with Crippen LogP contribution in [0.4, 0.5) is 0 Å². The summed E-state index contributed by atoms with van der Waals surface area (Å²) in [5.74, 6) is -1.35. The summed E-state index contributed by atoms with van der Waals surface area (Å²) < 4.78 is 16.5. The number of carbonyl (C=O) groups is 1. The van der Waals surface area contributed by atoms with E-state index in [0.29, 0.717) is 38.2 Å². The summed E-state index contributed by atoms with van der Waals surface area (Å²) in [4.78, 5) is 15.9. The zero-order valence-electron chi connectivity index (χ0n) is 26.1. The van der Waals surface area contributed by atoms with Gasteiger partial charge in [-0.25, -0.2) is 0 Å². The number of hydrogen-bond acceptors (Lipinski definition) is 11. The first-order valence-electron chi connectivity index (χ1n) is 16.6. The molecular weight excluding hydrogens is 588 g/mol. The highest BCUT2D eigenvalue weighted by Gasteiger charge is 2.60. The molecule has 254 valence electrons. The minimum absolute atomic E-state index is 0.0216. The summed E-state index contributed by atoms with van der Waals surface area (Å²) in [6.45, 7) is 6.51. The summed E-state index contributed by atoms with van der Waals surface area (Å²) in [6, 6.07) is 0. The average molecular weight is 640 g/mol. The first-order chi connectivity index (χ1) is 21.4. The van der Waals surface area contributed by atoms with Crippen LogP contribution in [0.5, 0.6) is 0 Å². The van der Waals surface area contributed by atoms with E-state index in [1.807, 2.05) is 19.9 Å². The van der Waals surface area contributed by atoms with Crippen LogP contribution in [0, 0.1) is 36.1 Å². The third kappa shape index (κ3) is 7.43. The Morgan fingerprint density at radius 3 is 2.53 bits per heavy atom. The topological polar surface area (TPSA) is 225 Å². The molecule has 0 amide bonds. The van der Waals surface area contributed by atoms with Crippen molar-refractivity contribution in [3.05, 3.63) is 18.2 Å². The second-order valence-electron chi connectivity index (χ2n) is 14.2. The number of aliphatic hydroxyl groups is 7. The van der Waals surface area contributed by atoms with Crippen molar-refractivity contribution in [2.24, 2.45) is 34.6 Å². The van der Waals surface area contributed by atoms with Gasteiger partial charge in [-0.2, -0.15) is 0 Å². The fourth-order valence-corrected chi connectivity index (χ4v) is 8.04. The molecule has 12 unspecified atom stereocenters. The van der Waals surface area contributed by atoms with Crippen LogP contribution < -0.4 is 15.5 Å². The minimum Gasteiger partial charge on any atom is -0.804 e. The van der Waals surface area contributed by atoms with Crippen LogP contribution in [0.2, 0.25) is 0 Å². The molecule has 0 aromatic carbocycles. The molecule has 0 bridgehead atoms. The van der Waals surface area contributed by atoms with Crippen LogP contribution in [0.15, 0.2) is 16.6 Å². The predicted molar refractivity (Wildman–Crippen MR) is 156 cm³/mol. The number of nitrogens with two attached hydrogens (primary N) is 1. The fourth-order valence-electron chi connectivity index (χ4n) is 8.04. The number of nitrogens with zero attached hydrogens (tertiary/aromatic N) is 1. The highest BCUT2D eigenvalue weighted by atomic mass is 16.7. The van der Waals surface area contributed by atoms with Gasteiger partial charge in [0.2, 0.25) is 0 Å². The van der Waals surface area contributed by atoms with Crippen molar-refractivity contribution in [2.75, 3.05) is 13.2 Å². The van der Waals surface area contributed by atoms with Gasteiger partial charge in [0, 0.05) is 18.8 Å². The van der Waals surface area contributed by atoms with Crippen LogP contribution in [0.25, 0.3) is 0 Å². The van der Waals surface area contributed by atoms with E-state index in [4.69, 9.17) is 14.2 Å². The van der Waals surface area contributed by atoms with Crippen LogP contribution >= 0.6 is 0 Å². The van der Waals surface area contributed by atoms with Gasteiger partial charge >= 0.3 is 0 Å². The van der Waals surface area contributed by atoms with E-state index in [2.05, 4.69) is 4.99 Å². The Morgan fingerprint density at radius 1 is 1.16 bits per heavy atom. The Kier molecular flexibility index (Phi) is 11.3. The molecule has 45 heavy (non-hydrogen) atoms. The number of carbonyl (C=O) groups excluding carboxylic acids is 1. The number of ether oxygens (including phenoxy) is 3. The lowest BCUT2D eigenvalue weighted by atomic mass is 9.69. The molecule has 13 heteroatoms. The van der Waals surface area contributed by atoms with Crippen LogP contribution in [-0.2, 0) is 14.3 Å². The molecule has 13 nitrogen and oxygen atoms in total. The van der Waals surface area contributed by atoms with Crippen molar-refractivity contribution in [1.82, 2.24) is 0 Å². The van der Waals surface area contributed by atoms with Gasteiger partial charge in [0.25, 0.3) is 0 Å². The van der Waals surface area contributed by atoms with Gasteiger partial charge in [0.15, 0.2) is 30.8 Å². The molecule has 0 aromatic rings. The number of aliphatic carboxylic acids is 1. The normalized spacial score (nSPS) is 43.3. The summed E-state index contributed by atoms with van der Waals surface area (Å²) in [5, 5.41) is 81.4. The van der Waals surface area contributed by atoms with Crippen molar-refractivity contribution < 1.29 is 60.1 Å². The van der Waals surface area contributed by atoms with E-state index in [0.717, 1.165) is 31.3 Å². The molecule has 3 aliphatic heterocycles. The quantitative estimate of drug-likeness (QED) is 0.0747. The summed E-state index contributed by atoms with van der Waals surface area (Å²) in [5.41, 5.74) is -1.68. The molecule has 5 rings (SSSR count). The second kappa shape index (κ2) is 14.6. The molecule has 0 aromatic heterocycles. The van der Waals surface area contributed by atoms with Crippen molar-refractivity contribution >= 4 is 12.2 Å². The summed E-state index contributed by atoms with van der Waals surface area (Å²) in [6.07, 6.45) is -2.96. The molecule has 2 aliphatic carbocycles. The molecule has 2 saturated heterocycles. The highest BCUT2D eigenvalue weighted by molar-refractivity contribution is 5.81. The smallest absolute Gasteiger partial charge is 0.194 e. The first-order valence-corrected chi connectivity index (χ1v) is 16.6. The van der Waals surface area contributed by atoms with Crippen molar-refractivity contribution in [1.29, 1.82) is 0 Å². The summed E-state index contributed by atoms with van der Waals surface area (Å²) in [7, 11) is 0. The first kappa shape index (κ1) is 34.7. The third-order valence-corrected chi connectivity index (χ3v) is 11.1. The molecule has 5 aliphatic rings. The number of aliphatic hydroxyl groups excluding tert-OH is 4. The number of rotatable bonds is 11. The monoisotopic (exact) mass is 639 g/mol. The number of aliphatic imine (C=N–C) groups is 1. The van der Waals surface area contributed by atoms with Crippen LogP contribution in [-0.4, -0.2) is 116 Å². The van der Waals surface area contributed by atoms with Gasteiger partial charge in [-0.3, -0.25) is 0 Å². The van der Waals surface area contributed by atoms with E-state index in [-0.39, 0.29) is 42.4 Å². The number of fused-ring (bicyclic) bond motifs is 1. The molecule has 8 N–H and O–H groups in total. The highest BCUT2D eigenvalue weighted by Crippen LogP contribution is 2.43. The van der Waals surface area contributed by atoms with E-state index < -0.39 is 54.6 Å². The van der Waals surface area contributed by atoms with Crippen molar-refractivity contribution in [3.8, 4) is 0 Å². The Morgan fingerprint density at radius 2 is 1.89 bits per heavy atom. The van der Waals surface area contributed by atoms with Crippen molar-refractivity contribution in [3.63, 3.8) is 0 Å². The largest absolute Gasteiger partial charge is 0.804 e. The Labute approximate surface area is 264 Å². The Bertz CT molecular complexity index is 1070. The maximum Gasteiger partial charge on any atom is 0.194 e. The van der Waals surface area contributed by atoms with E-state index in [1.54, 1.807) is 12.8 Å². The number of quaternary nitrogens is 1.